The number of amides is 1. The molecule has 1 saturated carbocycles. The van der Waals surface area contributed by atoms with Crippen molar-refractivity contribution in [3.8, 4) is 0 Å². The summed E-state index contributed by atoms with van der Waals surface area (Å²) < 4.78 is 0. The first-order chi connectivity index (χ1) is 8.75. The molecule has 1 aliphatic carbocycles. The van der Waals surface area contributed by atoms with Crippen molar-refractivity contribution in [2.75, 3.05) is 13.1 Å². The molecule has 3 nitrogen and oxygen atoms in total. The topological polar surface area (TPSA) is 41.1 Å². The van der Waals surface area contributed by atoms with E-state index in [2.05, 4.69) is 17.6 Å². The van der Waals surface area contributed by atoms with E-state index in [1.165, 1.54) is 32.1 Å². The van der Waals surface area contributed by atoms with E-state index in [-0.39, 0.29) is 11.8 Å². The fourth-order valence-corrected chi connectivity index (χ4v) is 3.27. The van der Waals surface area contributed by atoms with Gasteiger partial charge in [-0.1, -0.05) is 25.7 Å². The van der Waals surface area contributed by atoms with Crippen LogP contribution in [0.4, 0.5) is 0 Å². The summed E-state index contributed by atoms with van der Waals surface area (Å²) in [7, 11) is 0. The molecule has 0 spiro atoms. The van der Waals surface area contributed by atoms with Crippen LogP contribution in [0.1, 0.15) is 58.3 Å². The maximum atomic E-state index is 11.9. The molecule has 0 aromatic heterocycles. The van der Waals surface area contributed by atoms with E-state index in [1.807, 2.05) is 0 Å². The van der Waals surface area contributed by atoms with Crippen LogP contribution in [-0.4, -0.2) is 25.0 Å². The number of piperidine rings is 1. The summed E-state index contributed by atoms with van der Waals surface area (Å²) in [5.41, 5.74) is 0. The van der Waals surface area contributed by atoms with Gasteiger partial charge >= 0.3 is 0 Å². The molecular formula is C15H28N2O. The average molecular weight is 252 g/mol. The molecule has 104 valence electrons. The fourth-order valence-electron chi connectivity index (χ4n) is 3.27. The van der Waals surface area contributed by atoms with Crippen molar-refractivity contribution < 1.29 is 4.79 Å². The largest absolute Gasteiger partial charge is 0.356 e. The molecule has 18 heavy (non-hydrogen) atoms. The average Bonchev–Trinajstić information content (AvgIpc) is 2.88. The van der Waals surface area contributed by atoms with E-state index in [0.717, 1.165) is 38.3 Å². The quantitative estimate of drug-likeness (QED) is 0.738. The molecule has 2 unspecified atom stereocenters. The molecule has 1 saturated heterocycles. The molecule has 2 aliphatic rings. The monoisotopic (exact) mass is 252 g/mol. The van der Waals surface area contributed by atoms with E-state index < -0.39 is 0 Å². The number of rotatable bonds is 5. The van der Waals surface area contributed by atoms with Gasteiger partial charge in [0, 0.05) is 19.1 Å². The van der Waals surface area contributed by atoms with Gasteiger partial charge in [0.1, 0.15) is 0 Å². The van der Waals surface area contributed by atoms with Crippen molar-refractivity contribution in [3.05, 3.63) is 0 Å². The van der Waals surface area contributed by atoms with Crippen LogP contribution < -0.4 is 10.6 Å². The van der Waals surface area contributed by atoms with Crippen LogP contribution in [0.5, 0.6) is 0 Å². The highest BCUT2D eigenvalue weighted by atomic mass is 16.1. The van der Waals surface area contributed by atoms with Crippen molar-refractivity contribution in [2.24, 2.45) is 11.8 Å². The second-order valence-corrected chi connectivity index (χ2v) is 6.17. The Morgan fingerprint density at radius 1 is 1.22 bits per heavy atom. The lowest BCUT2D eigenvalue weighted by Crippen LogP contribution is -2.44. The third-order valence-electron chi connectivity index (χ3n) is 4.59. The van der Waals surface area contributed by atoms with Gasteiger partial charge in [-0.2, -0.15) is 0 Å². The minimum absolute atomic E-state index is 0.202. The van der Waals surface area contributed by atoms with Gasteiger partial charge in [-0.25, -0.2) is 0 Å². The van der Waals surface area contributed by atoms with Crippen molar-refractivity contribution in [2.45, 2.75) is 64.3 Å². The predicted octanol–water partition coefficient (Wildman–Crippen LogP) is 2.46. The minimum atomic E-state index is 0.202. The van der Waals surface area contributed by atoms with E-state index in [4.69, 9.17) is 0 Å². The Bertz CT molecular complexity index is 253. The highest BCUT2D eigenvalue weighted by Gasteiger charge is 2.23. The normalized spacial score (nSPS) is 29.4. The number of nitrogens with one attached hydrogen (secondary N) is 2. The molecule has 0 aromatic carbocycles. The standard InChI is InChI=1S/C15H28N2O/c1-12-8-9-14(11-17-12)15(18)16-10-4-7-13-5-2-3-6-13/h12-14,17H,2-11H2,1H3,(H,16,18). The third kappa shape index (κ3) is 4.27. The molecule has 2 rings (SSSR count). The molecule has 1 aliphatic heterocycles. The smallest absolute Gasteiger partial charge is 0.224 e. The molecule has 2 atom stereocenters. The van der Waals surface area contributed by atoms with Gasteiger partial charge in [0.2, 0.25) is 5.91 Å². The van der Waals surface area contributed by atoms with Gasteiger partial charge in [-0.3, -0.25) is 4.79 Å². The predicted molar refractivity (Wildman–Crippen MR) is 74.4 cm³/mol. The maximum absolute atomic E-state index is 11.9. The molecule has 2 fully saturated rings. The molecule has 1 amide bonds. The third-order valence-corrected chi connectivity index (χ3v) is 4.59. The summed E-state index contributed by atoms with van der Waals surface area (Å²) in [5.74, 6) is 1.41. The van der Waals surface area contributed by atoms with Gasteiger partial charge in [0.05, 0.1) is 5.92 Å². The lowest BCUT2D eigenvalue weighted by Gasteiger charge is -2.26. The van der Waals surface area contributed by atoms with Gasteiger partial charge in [0.25, 0.3) is 0 Å². The summed E-state index contributed by atoms with van der Waals surface area (Å²) in [4.78, 5) is 11.9. The Hall–Kier alpha value is -0.570. The van der Waals surface area contributed by atoms with Crippen molar-refractivity contribution >= 4 is 5.91 Å². The Morgan fingerprint density at radius 3 is 2.67 bits per heavy atom. The first-order valence-electron chi connectivity index (χ1n) is 7.77. The van der Waals surface area contributed by atoms with E-state index in [0.29, 0.717) is 6.04 Å². The van der Waals surface area contributed by atoms with Crippen molar-refractivity contribution in [1.82, 2.24) is 10.6 Å². The van der Waals surface area contributed by atoms with Gasteiger partial charge < -0.3 is 10.6 Å². The van der Waals surface area contributed by atoms with Crippen LogP contribution in [0, 0.1) is 11.8 Å². The number of hydrogen-bond donors (Lipinski definition) is 2. The first-order valence-corrected chi connectivity index (χ1v) is 7.77. The lowest BCUT2D eigenvalue weighted by molar-refractivity contribution is -0.125. The maximum Gasteiger partial charge on any atom is 0.224 e. The van der Waals surface area contributed by atoms with Crippen LogP contribution in [0.3, 0.4) is 0 Å². The minimum Gasteiger partial charge on any atom is -0.356 e. The summed E-state index contributed by atoms with van der Waals surface area (Å²) in [6.45, 7) is 3.92. The van der Waals surface area contributed by atoms with E-state index >= 15 is 0 Å². The molecular weight excluding hydrogens is 224 g/mol. The van der Waals surface area contributed by atoms with E-state index in [9.17, 15) is 4.79 Å². The molecule has 1 heterocycles. The highest BCUT2D eigenvalue weighted by Crippen LogP contribution is 2.28. The fraction of sp³-hybridized carbons (Fsp3) is 0.933. The summed E-state index contributed by atoms with van der Waals surface area (Å²) in [6.07, 6.45) is 10.3. The molecule has 2 N–H and O–H groups in total. The zero-order valence-corrected chi connectivity index (χ0v) is 11.7. The SMILES string of the molecule is CC1CCC(C(=O)NCCCC2CCCC2)CN1. The first kappa shape index (κ1) is 13.9. The molecule has 0 aromatic rings. The lowest BCUT2D eigenvalue weighted by atomic mass is 9.94. The van der Waals surface area contributed by atoms with Crippen LogP contribution in [0.25, 0.3) is 0 Å². The van der Waals surface area contributed by atoms with Crippen LogP contribution >= 0.6 is 0 Å². The Morgan fingerprint density at radius 2 is 2.00 bits per heavy atom. The van der Waals surface area contributed by atoms with Crippen molar-refractivity contribution in [1.29, 1.82) is 0 Å². The number of carbonyl (C=O) groups excluding carboxylic acids is 1. The van der Waals surface area contributed by atoms with Crippen molar-refractivity contribution in [3.63, 3.8) is 0 Å². The zero-order chi connectivity index (χ0) is 12.8. The summed E-state index contributed by atoms with van der Waals surface area (Å²) in [5, 5.41) is 6.50. The zero-order valence-electron chi connectivity index (χ0n) is 11.7. The molecule has 3 heteroatoms. The van der Waals surface area contributed by atoms with Crippen LogP contribution in [0.2, 0.25) is 0 Å². The summed E-state index contributed by atoms with van der Waals surface area (Å²) >= 11 is 0. The van der Waals surface area contributed by atoms with Gasteiger partial charge in [0.15, 0.2) is 0 Å². The molecule has 0 bridgehead atoms. The Labute approximate surface area is 111 Å². The second-order valence-electron chi connectivity index (χ2n) is 6.17. The summed E-state index contributed by atoms with van der Waals surface area (Å²) in [6, 6.07) is 0.580. The Balaban J connectivity index is 1.54. The Kier molecular flexibility index (Phi) is 5.48. The number of carbonyl (C=O) groups is 1. The van der Waals surface area contributed by atoms with Gasteiger partial charge in [-0.15, -0.1) is 0 Å². The van der Waals surface area contributed by atoms with Crippen LogP contribution in [0.15, 0.2) is 0 Å². The van der Waals surface area contributed by atoms with Crippen LogP contribution in [-0.2, 0) is 4.79 Å². The highest BCUT2D eigenvalue weighted by molar-refractivity contribution is 5.78. The number of hydrogen-bond acceptors (Lipinski definition) is 2. The van der Waals surface area contributed by atoms with E-state index in [1.54, 1.807) is 0 Å². The molecule has 0 radical (unpaired) electrons. The second kappa shape index (κ2) is 7.13. The van der Waals surface area contributed by atoms with Gasteiger partial charge in [-0.05, 0) is 38.5 Å².